The first-order valence-electron chi connectivity index (χ1n) is 4.76. The average molecular weight is 169 g/mol. The number of hydrogen-bond acceptors (Lipinski definition) is 2. The fourth-order valence-corrected chi connectivity index (χ4v) is 1.51. The second kappa shape index (κ2) is 4.63. The van der Waals surface area contributed by atoms with Crippen molar-refractivity contribution in [2.45, 2.75) is 44.9 Å². The molecule has 1 aliphatic carbocycles. The van der Waals surface area contributed by atoms with Gasteiger partial charge in [-0.1, -0.05) is 6.08 Å². The highest BCUT2D eigenvalue weighted by atomic mass is 16.5. The normalized spacial score (nSPS) is 30.8. The molecule has 0 aromatic carbocycles. The molecule has 0 saturated heterocycles. The van der Waals surface area contributed by atoms with Gasteiger partial charge in [-0.05, 0) is 26.7 Å². The topological polar surface area (TPSA) is 21.3 Å². The van der Waals surface area contributed by atoms with Crippen LogP contribution < -0.4 is 5.32 Å². The van der Waals surface area contributed by atoms with Crippen LogP contribution in [0.25, 0.3) is 0 Å². The summed E-state index contributed by atoms with van der Waals surface area (Å²) in [6.07, 6.45) is 4.76. The zero-order valence-corrected chi connectivity index (χ0v) is 8.05. The number of rotatable bonds is 5. The fraction of sp³-hybridized carbons (Fsp3) is 0.800. The van der Waals surface area contributed by atoms with Gasteiger partial charge in [0.2, 0.25) is 0 Å². The van der Waals surface area contributed by atoms with Gasteiger partial charge in [0.05, 0.1) is 6.10 Å². The molecule has 0 radical (unpaired) electrons. The standard InChI is InChI=1S/C10H19NO/c1-4-8(3)11-9-6-10(7-9)12-5-2/h4,8-11H,1,5-7H2,2-3H3. The summed E-state index contributed by atoms with van der Waals surface area (Å²) in [5.41, 5.74) is 0. The lowest BCUT2D eigenvalue weighted by atomic mass is 9.88. The van der Waals surface area contributed by atoms with Crippen molar-refractivity contribution < 1.29 is 4.74 Å². The third-order valence-electron chi connectivity index (χ3n) is 2.35. The summed E-state index contributed by atoms with van der Waals surface area (Å²) in [4.78, 5) is 0. The first kappa shape index (κ1) is 9.75. The smallest absolute Gasteiger partial charge is 0.0604 e. The summed E-state index contributed by atoms with van der Waals surface area (Å²) in [5.74, 6) is 0. The largest absolute Gasteiger partial charge is 0.378 e. The lowest BCUT2D eigenvalue weighted by molar-refractivity contribution is -0.0108. The summed E-state index contributed by atoms with van der Waals surface area (Å²) < 4.78 is 5.46. The minimum absolute atomic E-state index is 0.428. The van der Waals surface area contributed by atoms with Gasteiger partial charge in [-0.25, -0.2) is 0 Å². The van der Waals surface area contributed by atoms with Gasteiger partial charge in [0.15, 0.2) is 0 Å². The Labute approximate surface area is 75.0 Å². The van der Waals surface area contributed by atoms with Crippen LogP contribution in [0.2, 0.25) is 0 Å². The highest BCUT2D eigenvalue weighted by molar-refractivity contribution is 4.91. The van der Waals surface area contributed by atoms with Gasteiger partial charge in [-0.2, -0.15) is 0 Å². The lowest BCUT2D eigenvalue weighted by Crippen LogP contribution is -2.48. The van der Waals surface area contributed by atoms with Gasteiger partial charge >= 0.3 is 0 Å². The minimum atomic E-state index is 0.428. The van der Waals surface area contributed by atoms with E-state index in [1.807, 2.05) is 13.0 Å². The Bertz CT molecular complexity index is 141. The van der Waals surface area contributed by atoms with Gasteiger partial charge in [-0.3, -0.25) is 0 Å². The van der Waals surface area contributed by atoms with Crippen molar-refractivity contribution in [1.29, 1.82) is 0 Å². The molecule has 1 N–H and O–H groups in total. The van der Waals surface area contributed by atoms with E-state index in [0.29, 0.717) is 18.2 Å². The molecule has 2 heteroatoms. The molecule has 0 aromatic heterocycles. The Morgan fingerprint density at radius 3 is 2.83 bits per heavy atom. The third kappa shape index (κ3) is 2.61. The molecule has 2 nitrogen and oxygen atoms in total. The SMILES string of the molecule is C=CC(C)NC1CC(OCC)C1. The van der Waals surface area contributed by atoms with Crippen LogP contribution in [0.5, 0.6) is 0 Å². The molecule has 1 fully saturated rings. The third-order valence-corrected chi connectivity index (χ3v) is 2.35. The summed E-state index contributed by atoms with van der Waals surface area (Å²) >= 11 is 0. The Balaban J connectivity index is 2.05. The first-order valence-corrected chi connectivity index (χ1v) is 4.76. The molecule has 0 heterocycles. The van der Waals surface area contributed by atoms with Crippen LogP contribution in [0.1, 0.15) is 26.7 Å². The molecule has 1 aliphatic rings. The van der Waals surface area contributed by atoms with Crippen LogP contribution in [0.3, 0.4) is 0 Å². The minimum Gasteiger partial charge on any atom is -0.378 e. The van der Waals surface area contributed by atoms with Crippen LogP contribution in [0.4, 0.5) is 0 Å². The summed E-state index contributed by atoms with van der Waals surface area (Å²) in [6, 6.07) is 1.08. The zero-order valence-electron chi connectivity index (χ0n) is 8.05. The van der Waals surface area contributed by atoms with Crippen molar-refractivity contribution in [2.75, 3.05) is 6.61 Å². The Morgan fingerprint density at radius 1 is 1.67 bits per heavy atom. The predicted octanol–water partition coefficient (Wildman–Crippen LogP) is 1.72. The Hall–Kier alpha value is -0.340. The molecule has 0 amide bonds. The molecular weight excluding hydrogens is 150 g/mol. The van der Waals surface area contributed by atoms with Crippen molar-refractivity contribution in [3.63, 3.8) is 0 Å². The van der Waals surface area contributed by atoms with E-state index in [1.165, 1.54) is 0 Å². The molecule has 1 unspecified atom stereocenters. The van der Waals surface area contributed by atoms with E-state index in [1.54, 1.807) is 0 Å². The zero-order chi connectivity index (χ0) is 8.97. The molecule has 0 bridgehead atoms. The molecule has 70 valence electrons. The highest BCUT2D eigenvalue weighted by Gasteiger charge is 2.29. The maximum absolute atomic E-state index is 5.46. The van der Waals surface area contributed by atoms with Gasteiger partial charge in [-0.15, -0.1) is 6.58 Å². The molecule has 0 aliphatic heterocycles. The maximum atomic E-state index is 5.46. The molecule has 1 rings (SSSR count). The summed E-state index contributed by atoms with van der Waals surface area (Å²) in [5, 5.41) is 3.46. The van der Waals surface area contributed by atoms with Crippen molar-refractivity contribution in [2.24, 2.45) is 0 Å². The average Bonchev–Trinajstić information content (AvgIpc) is 2.00. The second-order valence-corrected chi connectivity index (χ2v) is 3.44. The molecular formula is C10H19NO. The van der Waals surface area contributed by atoms with Crippen LogP contribution in [0.15, 0.2) is 12.7 Å². The number of hydrogen-bond donors (Lipinski definition) is 1. The summed E-state index contributed by atoms with van der Waals surface area (Å²) in [7, 11) is 0. The van der Waals surface area contributed by atoms with E-state index in [9.17, 15) is 0 Å². The van der Waals surface area contributed by atoms with Crippen molar-refractivity contribution in [3.05, 3.63) is 12.7 Å². The first-order chi connectivity index (χ1) is 5.76. The summed E-state index contributed by atoms with van der Waals surface area (Å²) in [6.45, 7) is 8.75. The molecule has 0 spiro atoms. The Morgan fingerprint density at radius 2 is 2.33 bits per heavy atom. The van der Waals surface area contributed by atoms with E-state index in [4.69, 9.17) is 4.74 Å². The monoisotopic (exact) mass is 169 g/mol. The van der Waals surface area contributed by atoms with E-state index in [-0.39, 0.29) is 0 Å². The molecule has 1 saturated carbocycles. The van der Waals surface area contributed by atoms with E-state index >= 15 is 0 Å². The van der Waals surface area contributed by atoms with Crippen LogP contribution in [-0.2, 0) is 4.74 Å². The van der Waals surface area contributed by atoms with Crippen molar-refractivity contribution in [1.82, 2.24) is 5.32 Å². The Kier molecular flexibility index (Phi) is 3.76. The van der Waals surface area contributed by atoms with Gasteiger partial charge in [0.25, 0.3) is 0 Å². The van der Waals surface area contributed by atoms with Crippen LogP contribution >= 0.6 is 0 Å². The quantitative estimate of drug-likeness (QED) is 0.633. The van der Waals surface area contributed by atoms with Crippen molar-refractivity contribution in [3.8, 4) is 0 Å². The van der Waals surface area contributed by atoms with Crippen LogP contribution in [-0.4, -0.2) is 24.8 Å². The van der Waals surface area contributed by atoms with Gasteiger partial charge < -0.3 is 10.1 Å². The number of nitrogens with one attached hydrogen (secondary N) is 1. The molecule has 0 aromatic rings. The van der Waals surface area contributed by atoms with E-state index in [2.05, 4.69) is 18.8 Å². The van der Waals surface area contributed by atoms with Gasteiger partial charge in [0, 0.05) is 18.7 Å². The molecule has 1 atom stereocenters. The van der Waals surface area contributed by atoms with E-state index < -0.39 is 0 Å². The maximum Gasteiger partial charge on any atom is 0.0604 e. The van der Waals surface area contributed by atoms with E-state index in [0.717, 1.165) is 19.4 Å². The highest BCUT2D eigenvalue weighted by Crippen LogP contribution is 2.23. The second-order valence-electron chi connectivity index (χ2n) is 3.44. The van der Waals surface area contributed by atoms with Crippen molar-refractivity contribution >= 4 is 0 Å². The van der Waals surface area contributed by atoms with Crippen LogP contribution in [0, 0.1) is 0 Å². The van der Waals surface area contributed by atoms with Gasteiger partial charge in [0.1, 0.15) is 0 Å². The predicted molar refractivity (Wildman–Crippen MR) is 51.2 cm³/mol. The number of ether oxygens (including phenoxy) is 1. The fourth-order valence-electron chi connectivity index (χ4n) is 1.51. The lowest BCUT2D eigenvalue weighted by Gasteiger charge is -2.36. The molecule has 12 heavy (non-hydrogen) atoms.